The molecule has 0 aromatic heterocycles. The summed E-state index contributed by atoms with van der Waals surface area (Å²) in [6.07, 6.45) is 0. The number of carbonyl (C=O) groups is 1. The van der Waals surface area contributed by atoms with Gasteiger partial charge in [-0.3, -0.25) is 9.69 Å². The van der Waals surface area contributed by atoms with E-state index in [4.69, 9.17) is 0 Å². The number of hydrogen-bond donors (Lipinski definition) is 0. The first-order valence-corrected chi connectivity index (χ1v) is 7.85. The van der Waals surface area contributed by atoms with E-state index in [-0.39, 0.29) is 17.3 Å². The number of halogens is 1. The van der Waals surface area contributed by atoms with Crippen LogP contribution in [0.1, 0.15) is 24.2 Å². The SMILES string of the molecule is CC(CN1CCSCC1C)C(=O)c1ccccc1F. The smallest absolute Gasteiger partial charge is 0.169 e. The predicted molar refractivity (Wildman–Crippen MR) is 78.3 cm³/mol. The van der Waals surface area contributed by atoms with Gasteiger partial charge in [-0.25, -0.2) is 4.39 Å². The van der Waals surface area contributed by atoms with Gasteiger partial charge in [0.25, 0.3) is 0 Å². The second-order valence-electron chi connectivity index (χ2n) is 5.16. The van der Waals surface area contributed by atoms with E-state index >= 15 is 0 Å². The average Bonchev–Trinajstić information content (AvgIpc) is 2.41. The lowest BCUT2D eigenvalue weighted by atomic mass is 9.98. The van der Waals surface area contributed by atoms with E-state index < -0.39 is 5.82 Å². The van der Waals surface area contributed by atoms with Crippen molar-refractivity contribution >= 4 is 17.5 Å². The minimum atomic E-state index is -0.415. The summed E-state index contributed by atoms with van der Waals surface area (Å²) in [5, 5.41) is 0. The summed E-state index contributed by atoms with van der Waals surface area (Å²) in [7, 11) is 0. The molecule has 0 saturated carbocycles. The van der Waals surface area contributed by atoms with Gasteiger partial charge in [0.15, 0.2) is 5.78 Å². The van der Waals surface area contributed by atoms with E-state index in [1.54, 1.807) is 18.2 Å². The van der Waals surface area contributed by atoms with Gasteiger partial charge >= 0.3 is 0 Å². The van der Waals surface area contributed by atoms with Gasteiger partial charge in [0.1, 0.15) is 5.82 Å². The molecule has 0 amide bonds. The summed E-state index contributed by atoms with van der Waals surface area (Å²) in [5.74, 6) is 1.55. The normalized spacial score (nSPS) is 22.2. The Morgan fingerprint density at radius 1 is 1.53 bits per heavy atom. The van der Waals surface area contributed by atoms with Crippen LogP contribution < -0.4 is 0 Å². The first-order valence-electron chi connectivity index (χ1n) is 6.70. The van der Waals surface area contributed by atoms with Crippen LogP contribution >= 0.6 is 11.8 Å². The van der Waals surface area contributed by atoms with Crippen LogP contribution in [-0.2, 0) is 0 Å². The molecule has 1 aromatic carbocycles. The van der Waals surface area contributed by atoms with E-state index in [9.17, 15) is 9.18 Å². The van der Waals surface area contributed by atoms with Gasteiger partial charge in [0.2, 0.25) is 0 Å². The van der Waals surface area contributed by atoms with E-state index in [0.29, 0.717) is 6.04 Å². The van der Waals surface area contributed by atoms with Gasteiger partial charge in [-0.15, -0.1) is 0 Å². The third-order valence-corrected chi connectivity index (χ3v) is 4.79. The van der Waals surface area contributed by atoms with Crippen molar-refractivity contribution in [1.82, 2.24) is 4.90 Å². The van der Waals surface area contributed by atoms with Gasteiger partial charge in [-0.2, -0.15) is 11.8 Å². The molecule has 1 aromatic rings. The second-order valence-corrected chi connectivity index (χ2v) is 6.31. The number of Topliss-reactive ketones (excluding diaryl/α,β-unsaturated/α-hetero) is 1. The number of thioether (sulfide) groups is 1. The Morgan fingerprint density at radius 3 is 2.95 bits per heavy atom. The number of rotatable bonds is 4. The molecule has 104 valence electrons. The summed E-state index contributed by atoms with van der Waals surface area (Å²) in [4.78, 5) is 14.6. The van der Waals surface area contributed by atoms with E-state index in [2.05, 4.69) is 11.8 Å². The maximum atomic E-state index is 13.6. The van der Waals surface area contributed by atoms with Gasteiger partial charge in [0.05, 0.1) is 5.56 Å². The number of nitrogens with zero attached hydrogens (tertiary/aromatic N) is 1. The zero-order chi connectivity index (χ0) is 13.8. The number of ketones is 1. The Balaban J connectivity index is 2.01. The molecule has 0 spiro atoms. The number of benzene rings is 1. The highest BCUT2D eigenvalue weighted by molar-refractivity contribution is 7.99. The van der Waals surface area contributed by atoms with Crippen LogP contribution in [0.3, 0.4) is 0 Å². The summed E-state index contributed by atoms with van der Waals surface area (Å²) in [6.45, 7) is 5.81. The molecule has 4 heteroatoms. The predicted octanol–water partition coefficient (Wildman–Crippen LogP) is 3.08. The summed E-state index contributed by atoms with van der Waals surface area (Å²) < 4.78 is 13.6. The summed E-state index contributed by atoms with van der Waals surface area (Å²) >= 11 is 1.95. The van der Waals surface area contributed by atoms with Crippen LogP contribution in [-0.4, -0.2) is 41.3 Å². The molecule has 0 bridgehead atoms. The minimum Gasteiger partial charge on any atom is -0.298 e. The van der Waals surface area contributed by atoms with Gasteiger partial charge in [-0.05, 0) is 19.1 Å². The fourth-order valence-electron chi connectivity index (χ4n) is 2.39. The monoisotopic (exact) mass is 281 g/mol. The number of carbonyl (C=O) groups excluding carboxylic acids is 1. The topological polar surface area (TPSA) is 20.3 Å². The molecule has 0 aliphatic carbocycles. The molecule has 1 saturated heterocycles. The maximum absolute atomic E-state index is 13.6. The highest BCUT2D eigenvalue weighted by Crippen LogP contribution is 2.19. The minimum absolute atomic E-state index is 0.0940. The lowest BCUT2D eigenvalue weighted by Crippen LogP contribution is -2.43. The molecule has 1 aliphatic heterocycles. The van der Waals surface area contributed by atoms with Crippen LogP contribution in [0.25, 0.3) is 0 Å². The summed E-state index contributed by atoms with van der Waals surface area (Å²) in [5.41, 5.74) is 0.217. The van der Waals surface area contributed by atoms with Crippen molar-refractivity contribution in [2.45, 2.75) is 19.9 Å². The van der Waals surface area contributed by atoms with Crippen molar-refractivity contribution in [3.63, 3.8) is 0 Å². The molecule has 2 atom stereocenters. The number of hydrogen-bond acceptors (Lipinski definition) is 3. The molecule has 0 N–H and O–H groups in total. The van der Waals surface area contributed by atoms with Crippen LogP contribution in [0.5, 0.6) is 0 Å². The van der Waals surface area contributed by atoms with Crippen LogP contribution in [0.15, 0.2) is 24.3 Å². The Morgan fingerprint density at radius 2 is 2.26 bits per heavy atom. The molecule has 1 heterocycles. The third kappa shape index (κ3) is 3.57. The molecule has 2 unspecified atom stereocenters. The van der Waals surface area contributed by atoms with Crippen molar-refractivity contribution in [2.75, 3.05) is 24.6 Å². The first kappa shape index (κ1) is 14.5. The lowest BCUT2D eigenvalue weighted by Gasteiger charge is -2.34. The molecule has 19 heavy (non-hydrogen) atoms. The maximum Gasteiger partial charge on any atom is 0.169 e. The fraction of sp³-hybridized carbons (Fsp3) is 0.533. The van der Waals surface area contributed by atoms with Crippen molar-refractivity contribution in [2.24, 2.45) is 5.92 Å². The fourth-order valence-corrected chi connectivity index (χ4v) is 3.48. The molecule has 1 aliphatic rings. The van der Waals surface area contributed by atoms with Gasteiger partial charge in [0, 0.05) is 36.6 Å². The quantitative estimate of drug-likeness (QED) is 0.791. The largest absolute Gasteiger partial charge is 0.298 e. The molecule has 2 rings (SSSR count). The van der Waals surface area contributed by atoms with Crippen molar-refractivity contribution in [1.29, 1.82) is 0 Å². The average molecular weight is 281 g/mol. The van der Waals surface area contributed by atoms with E-state index in [0.717, 1.165) is 24.6 Å². The van der Waals surface area contributed by atoms with Crippen LogP contribution in [0.4, 0.5) is 4.39 Å². The molecule has 2 nitrogen and oxygen atoms in total. The van der Waals surface area contributed by atoms with E-state index in [1.165, 1.54) is 6.07 Å². The van der Waals surface area contributed by atoms with Crippen molar-refractivity contribution < 1.29 is 9.18 Å². The third-order valence-electron chi connectivity index (χ3n) is 3.60. The Labute approximate surface area is 118 Å². The molecule has 0 radical (unpaired) electrons. The van der Waals surface area contributed by atoms with Crippen molar-refractivity contribution in [3.8, 4) is 0 Å². The van der Waals surface area contributed by atoms with Gasteiger partial charge < -0.3 is 0 Å². The second kappa shape index (κ2) is 6.53. The Kier molecular flexibility index (Phi) is 4.99. The van der Waals surface area contributed by atoms with Crippen LogP contribution in [0, 0.1) is 11.7 Å². The Hall–Kier alpha value is -0.870. The Bertz CT molecular complexity index is 452. The van der Waals surface area contributed by atoms with Crippen molar-refractivity contribution in [3.05, 3.63) is 35.6 Å². The summed E-state index contributed by atoms with van der Waals surface area (Å²) in [6, 6.07) is 6.74. The molecular formula is C15H20FNOS. The van der Waals surface area contributed by atoms with E-state index in [1.807, 2.05) is 18.7 Å². The molecular weight excluding hydrogens is 261 g/mol. The standard InChI is InChI=1S/C15H20FNOS/c1-11(9-17-7-8-19-10-12(17)2)15(18)13-5-3-4-6-14(13)16/h3-6,11-12H,7-10H2,1-2H3. The zero-order valence-corrected chi connectivity index (χ0v) is 12.3. The lowest BCUT2D eigenvalue weighted by molar-refractivity contribution is 0.0877. The molecule has 1 fully saturated rings. The van der Waals surface area contributed by atoms with Gasteiger partial charge in [-0.1, -0.05) is 19.1 Å². The highest BCUT2D eigenvalue weighted by Gasteiger charge is 2.25. The first-order chi connectivity index (χ1) is 9.09. The zero-order valence-electron chi connectivity index (χ0n) is 11.4. The highest BCUT2D eigenvalue weighted by atomic mass is 32.2. The van der Waals surface area contributed by atoms with Crippen LogP contribution in [0.2, 0.25) is 0 Å².